The lowest BCUT2D eigenvalue weighted by Gasteiger charge is -2.25. The number of piperidine rings is 1. The van der Waals surface area contributed by atoms with Crippen LogP contribution >= 0.6 is 0 Å². The molecule has 0 atom stereocenters. The zero-order valence-corrected chi connectivity index (χ0v) is 11.3. The summed E-state index contributed by atoms with van der Waals surface area (Å²) in [5, 5.41) is 0. The number of likely N-dealkylation sites (N-methyl/N-ethyl adjacent to an activating group) is 1. The molecule has 0 saturated carbocycles. The summed E-state index contributed by atoms with van der Waals surface area (Å²) in [5.41, 5.74) is 0. The molecule has 1 heterocycles. The maximum atomic E-state index is 11.6. The number of carbonyl (C=O) groups excluding carboxylic acids is 1. The maximum absolute atomic E-state index is 11.6. The molecule has 0 aromatic rings. The number of nitrogens with zero attached hydrogens (tertiary/aromatic N) is 2. The van der Waals surface area contributed by atoms with Gasteiger partial charge in [-0.2, -0.15) is 0 Å². The molecule has 0 aliphatic carbocycles. The summed E-state index contributed by atoms with van der Waals surface area (Å²) in [5.74, 6) is -0.0703. The Morgan fingerprint density at radius 1 is 1.18 bits per heavy atom. The van der Waals surface area contributed by atoms with Gasteiger partial charge in [0.05, 0.1) is 6.54 Å². The molecule has 0 aromatic carbocycles. The first-order chi connectivity index (χ1) is 8.26. The third kappa shape index (κ3) is 6.03. The van der Waals surface area contributed by atoms with Crippen molar-refractivity contribution < 1.29 is 9.53 Å². The highest BCUT2D eigenvalue weighted by Gasteiger charge is 2.14. The van der Waals surface area contributed by atoms with Gasteiger partial charge in [-0.1, -0.05) is 20.3 Å². The highest BCUT2D eigenvalue weighted by molar-refractivity contribution is 5.71. The summed E-state index contributed by atoms with van der Waals surface area (Å²) >= 11 is 0. The van der Waals surface area contributed by atoms with E-state index in [9.17, 15) is 4.79 Å². The normalized spacial score (nSPS) is 17.4. The van der Waals surface area contributed by atoms with E-state index in [0.717, 1.165) is 32.7 Å². The van der Waals surface area contributed by atoms with Crippen LogP contribution < -0.4 is 0 Å². The van der Waals surface area contributed by atoms with Crippen LogP contribution in [0.3, 0.4) is 0 Å². The molecule has 4 heteroatoms. The van der Waals surface area contributed by atoms with Gasteiger partial charge in [0.2, 0.25) is 0 Å². The van der Waals surface area contributed by atoms with Crippen molar-refractivity contribution in [2.45, 2.75) is 33.1 Å². The molecule has 0 aromatic heterocycles. The second-order valence-electron chi connectivity index (χ2n) is 4.58. The average molecular weight is 242 g/mol. The molecule has 0 unspecified atom stereocenters. The molecule has 4 nitrogen and oxygen atoms in total. The fourth-order valence-corrected chi connectivity index (χ4v) is 2.17. The van der Waals surface area contributed by atoms with Crippen molar-refractivity contribution in [3.8, 4) is 0 Å². The fraction of sp³-hybridized carbons (Fsp3) is 0.923. The Kier molecular flexibility index (Phi) is 7.21. The fourth-order valence-electron chi connectivity index (χ4n) is 2.17. The van der Waals surface area contributed by atoms with E-state index >= 15 is 0 Å². The molecule has 0 spiro atoms. The SMILES string of the molecule is CCN(CC)CCOC(=O)CN1CCCCC1. The predicted octanol–water partition coefficient (Wildman–Crippen LogP) is 1.36. The Hall–Kier alpha value is -0.610. The largest absolute Gasteiger partial charge is 0.463 e. The zero-order valence-electron chi connectivity index (χ0n) is 11.3. The first-order valence-electron chi connectivity index (χ1n) is 6.86. The number of likely N-dealkylation sites (tertiary alicyclic amines) is 1. The summed E-state index contributed by atoms with van der Waals surface area (Å²) in [4.78, 5) is 16.0. The van der Waals surface area contributed by atoms with Crippen LogP contribution in [0.2, 0.25) is 0 Å². The van der Waals surface area contributed by atoms with Gasteiger partial charge in [0.1, 0.15) is 6.61 Å². The monoisotopic (exact) mass is 242 g/mol. The first kappa shape index (κ1) is 14.5. The maximum Gasteiger partial charge on any atom is 0.320 e. The van der Waals surface area contributed by atoms with Gasteiger partial charge in [0.15, 0.2) is 0 Å². The minimum absolute atomic E-state index is 0.0703. The molecule has 17 heavy (non-hydrogen) atoms. The number of rotatable bonds is 7. The molecule has 0 bridgehead atoms. The number of ether oxygens (including phenoxy) is 1. The van der Waals surface area contributed by atoms with Crippen molar-refractivity contribution >= 4 is 5.97 Å². The number of hydrogen-bond acceptors (Lipinski definition) is 4. The Morgan fingerprint density at radius 3 is 2.41 bits per heavy atom. The van der Waals surface area contributed by atoms with Crippen molar-refractivity contribution in [3.05, 3.63) is 0 Å². The number of carbonyl (C=O) groups is 1. The number of hydrogen-bond donors (Lipinski definition) is 0. The van der Waals surface area contributed by atoms with Gasteiger partial charge in [-0.25, -0.2) is 0 Å². The number of esters is 1. The van der Waals surface area contributed by atoms with E-state index in [2.05, 4.69) is 23.6 Å². The van der Waals surface area contributed by atoms with Crippen molar-refractivity contribution in [2.75, 3.05) is 45.9 Å². The molecule has 0 radical (unpaired) electrons. The molecule has 0 amide bonds. The predicted molar refractivity (Wildman–Crippen MR) is 69.0 cm³/mol. The minimum atomic E-state index is -0.0703. The summed E-state index contributed by atoms with van der Waals surface area (Å²) in [7, 11) is 0. The van der Waals surface area contributed by atoms with E-state index < -0.39 is 0 Å². The van der Waals surface area contributed by atoms with Gasteiger partial charge in [-0.3, -0.25) is 9.69 Å². The van der Waals surface area contributed by atoms with E-state index in [1.165, 1.54) is 19.3 Å². The van der Waals surface area contributed by atoms with E-state index in [-0.39, 0.29) is 5.97 Å². The Labute approximate surface area is 105 Å². The summed E-state index contributed by atoms with van der Waals surface area (Å²) in [6, 6.07) is 0. The summed E-state index contributed by atoms with van der Waals surface area (Å²) in [6.07, 6.45) is 3.73. The van der Waals surface area contributed by atoms with Crippen LogP contribution in [0.15, 0.2) is 0 Å². The van der Waals surface area contributed by atoms with Crippen LogP contribution in [-0.4, -0.2) is 61.6 Å². The molecular formula is C13H26N2O2. The van der Waals surface area contributed by atoms with Gasteiger partial charge in [0, 0.05) is 6.54 Å². The van der Waals surface area contributed by atoms with Crippen molar-refractivity contribution in [1.29, 1.82) is 0 Å². The smallest absolute Gasteiger partial charge is 0.320 e. The van der Waals surface area contributed by atoms with E-state index in [1.54, 1.807) is 0 Å². The van der Waals surface area contributed by atoms with E-state index in [0.29, 0.717) is 13.2 Å². The second-order valence-corrected chi connectivity index (χ2v) is 4.58. The lowest BCUT2D eigenvalue weighted by Crippen LogP contribution is -2.36. The Morgan fingerprint density at radius 2 is 1.82 bits per heavy atom. The van der Waals surface area contributed by atoms with Crippen molar-refractivity contribution in [1.82, 2.24) is 9.80 Å². The van der Waals surface area contributed by atoms with Gasteiger partial charge in [-0.15, -0.1) is 0 Å². The first-order valence-corrected chi connectivity index (χ1v) is 6.86. The molecule has 1 fully saturated rings. The average Bonchev–Trinajstić information content (AvgIpc) is 2.36. The van der Waals surface area contributed by atoms with Crippen LogP contribution in [0.5, 0.6) is 0 Å². The topological polar surface area (TPSA) is 32.8 Å². The van der Waals surface area contributed by atoms with Crippen LogP contribution in [-0.2, 0) is 9.53 Å². The Bertz CT molecular complexity index is 211. The van der Waals surface area contributed by atoms with Gasteiger partial charge >= 0.3 is 5.97 Å². The molecule has 1 aliphatic heterocycles. The highest BCUT2D eigenvalue weighted by Crippen LogP contribution is 2.07. The summed E-state index contributed by atoms with van der Waals surface area (Å²) in [6.45, 7) is 10.2. The summed E-state index contributed by atoms with van der Waals surface area (Å²) < 4.78 is 5.26. The molecule has 1 saturated heterocycles. The minimum Gasteiger partial charge on any atom is -0.463 e. The lowest BCUT2D eigenvalue weighted by molar-refractivity contribution is -0.145. The molecular weight excluding hydrogens is 216 g/mol. The zero-order chi connectivity index (χ0) is 12.5. The van der Waals surface area contributed by atoms with E-state index in [1.807, 2.05) is 0 Å². The lowest BCUT2D eigenvalue weighted by atomic mass is 10.1. The second kappa shape index (κ2) is 8.48. The van der Waals surface area contributed by atoms with Crippen LogP contribution in [0.25, 0.3) is 0 Å². The van der Waals surface area contributed by atoms with E-state index in [4.69, 9.17) is 4.74 Å². The van der Waals surface area contributed by atoms with Crippen LogP contribution in [0.4, 0.5) is 0 Å². The van der Waals surface area contributed by atoms with Gasteiger partial charge in [-0.05, 0) is 39.0 Å². The van der Waals surface area contributed by atoms with Crippen molar-refractivity contribution in [2.24, 2.45) is 0 Å². The van der Waals surface area contributed by atoms with Gasteiger partial charge < -0.3 is 9.64 Å². The molecule has 1 rings (SSSR count). The standard InChI is InChI=1S/C13H26N2O2/c1-3-14(4-2)10-11-17-13(16)12-15-8-6-5-7-9-15/h3-12H2,1-2H3. The Balaban J connectivity index is 2.07. The van der Waals surface area contributed by atoms with Gasteiger partial charge in [0.25, 0.3) is 0 Å². The third-order valence-corrected chi connectivity index (χ3v) is 3.37. The van der Waals surface area contributed by atoms with Crippen molar-refractivity contribution in [3.63, 3.8) is 0 Å². The molecule has 100 valence electrons. The molecule has 0 N–H and O–H groups in total. The third-order valence-electron chi connectivity index (χ3n) is 3.37. The highest BCUT2D eigenvalue weighted by atomic mass is 16.5. The quantitative estimate of drug-likeness (QED) is 0.631. The van der Waals surface area contributed by atoms with Crippen LogP contribution in [0, 0.1) is 0 Å². The van der Waals surface area contributed by atoms with Crippen LogP contribution in [0.1, 0.15) is 33.1 Å². The molecule has 1 aliphatic rings.